The summed E-state index contributed by atoms with van der Waals surface area (Å²) in [5.41, 5.74) is 4.59. The molecule has 3 aromatic rings. The lowest BCUT2D eigenvalue weighted by Gasteiger charge is -2.25. The Labute approximate surface area is 201 Å². The first-order chi connectivity index (χ1) is 16.2. The van der Waals surface area contributed by atoms with E-state index in [-0.39, 0.29) is 29.6 Å². The monoisotopic (exact) mass is 458 g/mol. The molecule has 5 heteroatoms. The van der Waals surface area contributed by atoms with E-state index < -0.39 is 12.1 Å². The molecule has 0 spiro atoms. The van der Waals surface area contributed by atoms with Crippen LogP contribution in [0.2, 0.25) is 0 Å². The van der Waals surface area contributed by atoms with Crippen molar-refractivity contribution in [3.8, 4) is 11.1 Å². The Kier molecular flexibility index (Phi) is 8.21. The Hall–Kier alpha value is -3.47. The third-order valence-electron chi connectivity index (χ3n) is 6.05. The van der Waals surface area contributed by atoms with Crippen LogP contribution in [0.3, 0.4) is 0 Å². The Morgan fingerprint density at radius 3 is 2.32 bits per heavy atom. The fraction of sp³-hybridized carbons (Fsp3) is 0.345. The summed E-state index contributed by atoms with van der Waals surface area (Å²) in [6.07, 6.45) is 2.37. The van der Waals surface area contributed by atoms with Crippen LogP contribution < -0.4 is 10.9 Å². The SMILES string of the molecule is CC(=O)C[C@H](NC(=O)[C@H](CC(C)C)n1cccc(C)c1=O)c1cccc(-c2ccccc2C)c1. The molecule has 0 bridgehead atoms. The van der Waals surface area contributed by atoms with E-state index >= 15 is 0 Å². The van der Waals surface area contributed by atoms with Gasteiger partial charge in [0.1, 0.15) is 11.8 Å². The molecule has 0 unspecified atom stereocenters. The molecule has 1 N–H and O–H groups in total. The number of pyridine rings is 1. The van der Waals surface area contributed by atoms with Crippen molar-refractivity contribution in [3.05, 3.63) is 93.9 Å². The van der Waals surface area contributed by atoms with Crippen LogP contribution in [0.1, 0.15) is 62.4 Å². The average molecular weight is 459 g/mol. The predicted octanol–water partition coefficient (Wildman–Crippen LogP) is 5.56. The maximum Gasteiger partial charge on any atom is 0.254 e. The van der Waals surface area contributed by atoms with Crippen molar-refractivity contribution in [2.24, 2.45) is 5.92 Å². The van der Waals surface area contributed by atoms with E-state index in [2.05, 4.69) is 24.4 Å². The van der Waals surface area contributed by atoms with Crippen molar-refractivity contribution in [3.63, 3.8) is 0 Å². The van der Waals surface area contributed by atoms with Gasteiger partial charge in [-0.25, -0.2) is 0 Å². The highest BCUT2D eigenvalue weighted by Crippen LogP contribution is 2.28. The van der Waals surface area contributed by atoms with Crippen molar-refractivity contribution < 1.29 is 9.59 Å². The third kappa shape index (κ3) is 6.10. The second-order valence-corrected chi connectivity index (χ2v) is 9.46. The molecule has 178 valence electrons. The van der Waals surface area contributed by atoms with E-state index in [0.29, 0.717) is 12.0 Å². The Morgan fingerprint density at radius 2 is 1.65 bits per heavy atom. The van der Waals surface area contributed by atoms with Crippen LogP contribution >= 0.6 is 0 Å². The third-order valence-corrected chi connectivity index (χ3v) is 6.05. The minimum Gasteiger partial charge on any atom is -0.347 e. The molecule has 1 amide bonds. The fourth-order valence-electron chi connectivity index (χ4n) is 4.29. The molecule has 0 saturated heterocycles. The summed E-state index contributed by atoms with van der Waals surface area (Å²) in [5, 5.41) is 3.09. The first-order valence-corrected chi connectivity index (χ1v) is 11.8. The zero-order valence-electron chi connectivity index (χ0n) is 20.7. The number of amides is 1. The highest BCUT2D eigenvalue weighted by atomic mass is 16.2. The van der Waals surface area contributed by atoms with Crippen LogP contribution in [-0.4, -0.2) is 16.3 Å². The highest BCUT2D eigenvalue weighted by molar-refractivity contribution is 5.83. The van der Waals surface area contributed by atoms with E-state index in [1.165, 1.54) is 11.5 Å². The second kappa shape index (κ2) is 11.1. The highest BCUT2D eigenvalue weighted by Gasteiger charge is 2.26. The van der Waals surface area contributed by atoms with Gasteiger partial charge in [-0.15, -0.1) is 0 Å². The number of Topliss-reactive ketones (excluding diaryl/α,β-unsaturated/α-hetero) is 1. The van der Waals surface area contributed by atoms with Crippen molar-refractivity contribution in [1.82, 2.24) is 9.88 Å². The van der Waals surface area contributed by atoms with Crippen molar-refractivity contribution >= 4 is 11.7 Å². The van der Waals surface area contributed by atoms with Gasteiger partial charge in [0, 0.05) is 18.2 Å². The lowest BCUT2D eigenvalue weighted by Crippen LogP contribution is -2.40. The van der Waals surface area contributed by atoms with Crippen LogP contribution in [0.4, 0.5) is 0 Å². The minimum absolute atomic E-state index is 0.0141. The smallest absolute Gasteiger partial charge is 0.254 e. The molecule has 0 aliphatic rings. The quantitative estimate of drug-likeness (QED) is 0.457. The Morgan fingerprint density at radius 1 is 0.941 bits per heavy atom. The van der Waals surface area contributed by atoms with Crippen LogP contribution in [0.15, 0.2) is 71.7 Å². The van der Waals surface area contributed by atoms with Crippen LogP contribution in [-0.2, 0) is 9.59 Å². The van der Waals surface area contributed by atoms with Gasteiger partial charge >= 0.3 is 0 Å². The van der Waals surface area contributed by atoms with Gasteiger partial charge in [-0.1, -0.05) is 62.4 Å². The maximum atomic E-state index is 13.5. The number of aromatic nitrogens is 1. The summed E-state index contributed by atoms with van der Waals surface area (Å²) < 4.78 is 1.51. The number of rotatable bonds is 9. The molecule has 2 aromatic carbocycles. The molecule has 34 heavy (non-hydrogen) atoms. The summed E-state index contributed by atoms with van der Waals surface area (Å²) in [6, 6.07) is 18.5. The first-order valence-electron chi connectivity index (χ1n) is 11.8. The summed E-state index contributed by atoms with van der Waals surface area (Å²) in [4.78, 5) is 38.5. The number of nitrogens with one attached hydrogen (secondary N) is 1. The number of ketones is 1. The molecule has 0 aliphatic heterocycles. The maximum absolute atomic E-state index is 13.5. The van der Waals surface area contributed by atoms with Gasteiger partial charge in [-0.3, -0.25) is 14.4 Å². The topological polar surface area (TPSA) is 68.2 Å². The minimum atomic E-state index is -0.651. The van der Waals surface area contributed by atoms with Crippen molar-refractivity contribution in [1.29, 1.82) is 0 Å². The molecular weight excluding hydrogens is 424 g/mol. The summed E-state index contributed by atoms with van der Waals surface area (Å²) in [5.74, 6) is -0.0625. The van der Waals surface area contributed by atoms with Crippen LogP contribution in [0.25, 0.3) is 11.1 Å². The van der Waals surface area contributed by atoms with Gasteiger partial charge in [0.05, 0.1) is 6.04 Å². The van der Waals surface area contributed by atoms with Crippen LogP contribution in [0, 0.1) is 19.8 Å². The van der Waals surface area contributed by atoms with Gasteiger partial charge in [0.25, 0.3) is 5.56 Å². The zero-order chi connectivity index (χ0) is 24.8. The second-order valence-electron chi connectivity index (χ2n) is 9.46. The van der Waals surface area contributed by atoms with E-state index in [9.17, 15) is 14.4 Å². The number of benzene rings is 2. The largest absolute Gasteiger partial charge is 0.347 e. The van der Waals surface area contributed by atoms with Crippen LogP contribution in [0.5, 0.6) is 0 Å². The van der Waals surface area contributed by atoms with E-state index in [4.69, 9.17) is 0 Å². The lowest BCUT2D eigenvalue weighted by atomic mass is 9.94. The molecule has 0 fully saturated rings. The normalized spacial score (nSPS) is 12.9. The van der Waals surface area contributed by atoms with Gasteiger partial charge < -0.3 is 9.88 Å². The standard InChI is InChI=1S/C29H34N2O3/c1-19(2)16-27(31-15-9-11-21(4)29(31)34)28(33)30-26(17-22(5)32)24-13-8-12-23(18-24)25-14-7-6-10-20(25)3/h6-15,18-19,26-27H,16-17H2,1-5H3,(H,30,33)/t26-,27-/m0/s1. The summed E-state index contributed by atoms with van der Waals surface area (Å²) in [6.45, 7) is 9.40. The molecule has 1 aromatic heterocycles. The molecule has 3 rings (SSSR count). The Balaban J connectivity index is 1.97. The number of carbonyl (C=O) groups excluding carboxylic acids is 2. The van der Waals surface area contributed by atoms with Crippen molar-refractivity contribution in [2.75, 3.05) is 0 Å². The molecule has 1 heterocycles. The summed E-state index contributed by atoms with van der Waals surface area (Å²) in [7, 11) is 0. The average Bonchev–Trinajstić information content (AvgIpc) is 2.79. The molecule has 0 aliphatic carbocycles. The zero-order valence-corrected chi connectivity index (χ0v) is 20.7. The molecule has 0 radical (unpaired) electrons. The lowest BCUT2D eigenvalue weighted by molar-refractivity contribution is -0.126. The van der Waals surface area contributed by atoms with Crippen molar-refractivity contribution in [2.45, 2.75) is 59.5 Å². The van der Waals surface area contributed by atoms with Gasteiger partial charge in [0.2, 0.25) is 5.91 Å². The van der Waals surface area contributed by atoms with Gasteiger partial charge in [-0.05, 0) is 67.5 Å². The number of aryl methyl sites for hydroxylation is 2. The van der Waals surface area contributed by atoms with E-state index in [1.54, 1.807) is 25.3 Å². The van der Waals surface area contributed by atoms with E-state index in [0.717, 1.165) is 22.3 Å². The molecule has 5 nitrogen and oxygen atoms in total. The van der Waals surface area contributed by atoms with Gasteiger partial charge in [-0.2, -0.15) is 0 Å². The molecular formula is C29H34N2O3. The molecule has 0 saturated carbocycles. The Bertz CT molecular complexity index is 1230. The predicted molar refractivity (Wildman–Crippen MR) is 137 cm³/mol. The fourth-order valence-corrected chi connectivity index (χ4v) is 4.29. The van der Waals surface area contributed by atoms with Gasteiger partial charge in [0.15, 0.2) is 0 Å². The van der Waals surface area contributed by atoms with E-state index in [1.807, 2.05) is 50.2 Å². The number of hydrogen-bond acceptors (Lipinski definition) is 3. The number of nitrogens with zero attached hydrogens (tertiary/aromatic N) is 1. The number of hydrogen-bond donors (Lipinski definition) is 1. The summed E-state index contributed by atoms with van der Waals surface area (Å²) >= 11 is 0. The number of carbonyl (C=O) groups is 2. The first kappa shape index (κ1) is 25.2. The molecule has 2 atom stereocenters.